The number of rotatable bonds is 0. The normalized spacial score (nSPS) is 19.9. The number of carbonyl (C=O) groups excluding carboxylic acids is 1. The Bertz CT molecular complexity index is 1010. The number of nitrogens with two attached hydrogens (primary N) is 1. The van der Waals surface area contributed by atoms with Crippen LogP contribution < -0.4 is 10.5 Å². The number of ether oxygens (including phenoxy) is 2. The van der Waals surface area contributed by atoms with Crippen molar-refractivity contribution in [3.8, 4) is 11.5 Å². The van der Waals surface area contributed by atoms with E-state index in [1.54, 1.807) is 18.2 Å². The summed E-state index contributed by atoms with van der Waals surface area (Å²) in [6, 6.07) is 20.5. The standard InChI is InChI=1S/C20H13NO3/c21-12-9-10-16-18(11-12)23-17-8-4-3-7-15(17)20(16)14-6-2-1-5-13(14)19(22)24-20/h1-11H,21H2. The van der Waals surface area contributed by atoms with Crippen molar-refractivity contribution in [3.63, 3.8) is 0 Å². The summed E-state index contributed by atoms with van der Waals surface area (Å²) >= 11 is 0. The first kappa shape index (κ1) is 13.2. The molecule has 2 heterocycles. The molecule has 0 amide bonds. The van der Waals surface area contributed by atoms with Gasteiger partial charge in [0.15, 0.2) is 5.60 Å². The molecule has 2 aliphatic rings. The predicted molar refractivity (Wildman–Crippen MR) is 89.1 cm³/mol. The summed E-state index contributed by atoms with van der Waals surface area (Å²) in [4.78, 5) is 12.5. The van der Waals surface area contributed by atoms with Gasteiger partial charge in [0.05, 0.1) is 5.56 Å². The van der Waals surface area contributed by atoms with Crippen molar-refractivity contribution < 1.29 is 14.3 Å². The second kappa shape index (κ2) is 4.38. The van der Waals surface area contributed by atoms with Crippen molar-refractivity contribution in [3.05, 3.63) is 89.0 Å². The number of benzene rings is 3. The first-order valence-corrected chi connectivity index (χ1v) is 7.70. The number of nitrogen functional groups attached to an aromatic ring is 1. The number of hydrogen-bond donors (Lipinski definition) is 1. The molecule has 2 N–H and O–H groups in total. The summed E-state index contributed by atoms with van der Waals surface area (Å²) in [5, 5.41) is 0. The summed E-state index contributed by atoms with van der Waals surface area (Å²) in [7, 11) is 0. The number of para-hydroxylation sites is 1. The Morgan fingerprint density at radius 1 is 0.792 bits per heavy atom. The van der Waals surface area contributed by atoms with Gasteiger partial charge in [-0.1, -0.05) is 36.4 Å². The Morgan fingerprint density at radius 2 is 1.50 bits per heavy atom. The highest BCUT2D eigenvalue weighted by Gasteiger charge is 2.53. The number of esters is 1. The van der Waals surface area contributed by atoms with Crippen LogP contribution in [0.15, 0.2) is 66.7 Å². The molecule has 4 heteroatoms. The monoisotopic (exact) mass is 315 g/mol. The zero-order valence-electron chi connectivity index (χ0n) is 12.7. The van der Waals surface area contributed by atoms with Gasteiger partial charge >= 0.3 is 5.97 Å². The van der Waals surface area contributed by atoms with E-state index in [0.717, 1.165) is 16.7 Å². The summed E-state index contributed by atoms with van der Waals surface area (Å²) in [6.07, 6.45) is 0. The van der Waals surface area contributed by atoms with Gasteiger partial charge in [0.1, 0.15) is 11.5 Å². The fourth-order valence-electron chi connectivity index (χ4n) is 3.64. The van der Waals surface area contributed by atoms with Gasteiger partial charge in [-0.25, -0.2) is 4.79 Å². The zero-order valence-corrected chi connectivity index (χ0v) is 12.7. The second-order valence-corrected chi connectivity index (χ2v) is 5.97. The second-order valence-electron chi connectivity index (χ2n) is 5.97. The largest absolute Gasteiger partial charge is 0.456 e. The SMILES string of the molecule is Nc1ccc2c(c1)Oc1ccccc1C21OC(=O)c2ccccc21. The Balaban J connectivity index is 1.92. The van der Waals surface area contributed by atoms with E-state index in [9.17, 15) is 4.79 Å². The molecular formula is C20H13NO3. The maximum atomic E-state index is 12.5. The fourth-order valence-corrected chi connectivity index (χ4v) is 3.64. The summed E-state index contributed by atoms with van der Waals surface area (Å²) < 4.78 is 12.0. The van der Waals surface area contributed by atoms with Gasteiger partial charge in [-0.3, -0.25) is 0 Å². The minimum atomic E-state index is -0.994. The van der Waals surface area contributed by atoms with Crippen LogP contribution in [0.1, 0.15) is 27.0 Å². The average Bonchev–Trinajstić information content (AvgIpc) is 2.89. The molecule has 0 aromatic heterocycles. The van der Waals surface area contributed by atoms with Crippen LogP contribution in [0.3, 0.4) is 0 Å². The van der Waals surface area contributed by atoms with Gasteiger partial charge in [-0.15, -0.1) is 0 Å². The summed E-state index contributed by atoms with van der Waals surface area (Å²) in [6.45, 7) is 0. The minimum absolute atomic E-state index is 0.329. The Morgan fingerprint density at radius 3 is 2.38 bits per heavy atom. The molecule has 0 fully saturated rings. The molecule has 1 atom stereocenters. The molecule has 0 saturated carbocycles. The van der Waals surface area contributed by atoms with E-state index >= 15 is 0 Å². The minimum Gasteiger partial charge on any atom is -0.456 e. The van der Waals surface area contributed by atoms with E-state index in [1.165, 1.54) is 0 Å². The lowest BCUT2D eigenvalue weighted by Gasteiger charge is -2.36. The lowest BCUT2D eigenvalue weighted by Crippen LogP contribution is -2.32. The third-order valence-electron chi connectivity index (χ3n) is 4.64. The first-order chi connectivity index (χ1) is 11.7. The van der Waals surface area contributed by atoms with Crippen LogP contribution in [0.5, 0.6) is 11.5 Å². The van der Waals surface area contributed by atoms with Gasteiger partial charge in [0, 0.05) is 28.4 Å². The first-order valence-electron chi connectivity index (χ1n) is 7.70. The molecule has 5 rings (SSSR count). The predicted octanol–water partition coefficient (Wildman–Crippen LogP) is 3.84. The van der Waals surface area contributed by atoms with E-state index < -0.39 is 5.60 Å². The van der Waals surface area contributed by atoms with Crippen molar-refractivity contribution in [2.24, 2.45) is 0 Å². The molecule has 0 bridgehead atoms. The highest BCUT2D eigenvalue weighted by Crippen LogP contribution is 2.56. The van der Waals surface area contributed by atoms with Crippen LogP contribution in [-0.4, -0.2) is 5.97 Å². The Kier molecular flexibility index (Phi) is 2.41. The molecule has 0 aliphatic carbocycles. The zero-order chi connectivity index (χ0) is 16.3. The number of fused-ring (bicyclic) bond motifs is 6. The van der Waals surface area contributed by atoms with Crippen molar-refractivity contribution in [2.75, 3.05) is 5.73 Å². The van der Waals surface area contributed by atoms with Crippen LogP contribution in [0.4, 0.5) is 5.69 Å². The molecule has 3 aromatic carbocycles. The van der Waals surface area contributed by atoms with E-state index in [4.69, 9.17) is 15.2 Å². The van der Waals surface area contributed by atoms with Crippen LogP contribution >= 0.6 is 0 Å². The maximum Gasteiger partial charge on any atom is 0.340 e. The van der Waals surface area contributed by atoms with Gasteiger partial charge in [-0.2, -0.15) is 0 Å². The number of anilines is 1. The Hall–Kier alpha value is -3.27. The van der Waals surface area contributed by atoms with Gasteiger partial charge < -0.3 is 15.2 Å². The van der Waals surface area contributed by atoms with E-state index in [-0.39, 0.29) is 5.97 Å². The molecule has 1 spiro atoms. The van der Waals surface area contributed by atoms with E-state index in [2.05, 4.69) is 0 Å². The molecule has 3 aromatic rings. The van der Waals surface area contributed by atoms with Crippen LogP contribution in [-0.2, 0) is 10.3 Å². The fraction of sp³-hybridized carbons (Fsp3) is 0.0500. The van der Waals surface area contributed by atoms with Crippen molar-refractivity contribution in [2.45, 2.75) is 5.60 Å². The highest BCUT2D eigenvalue weighted by molar-refractivity contribution is 5.97. The molecule has 2 aliphatic heterocycles. The number of carbonyl (C=O) groups is 1. The quantitative estimate of drug-likeness (QED) is 0.506. The molecule has 116 valence electrons. The lowest BCUT2D eigenvalue weighted by atomic mass is 9.78. The van der Waals surface area contributed by atoms with Gasteiger partial charge in [0.25, 0.3) is 0 Å². The molecule has 0 saturated heterocycles. The van der Waals surface area contributed by atoms with Crippen LogP contribution in [0.25, 0.3) is 0 Å². The average molecular weight is 315 g/mol. The molecular weight excluding hydrogens is 302 g/mol. The van der Waals surface area contributed by atoms with Crippen LogP contribution in [0.2, 0.25) is 0 Å². The topological polar surface area (TPSA) is 61.6 Å². The van der Waals surface area contributed by atoms with Gasteiger partial charge in [0.2, 0.25) is 0 Å². The molecule has 0 radical (unpaired) electrons. The third kappa shape index (κ3) is 1.50. The smallest absolute Gasteiger partial charge is 0.340 e. The lowest BCUT2D eigenvalue weighted by molar-refractivity contribution is 0.0224. The maximum absolute atomic E-state index is 12.5. The Labute approximate surface area is 138 Å². The third-order valence-corrected chi connectivity index (χ3v) is 4.64. The van der Waals surface area contributed by atoms with Crippen molar-refractivity contribution in [1.29, 1.82) is 0 Å². The highest BCUT2D eigenvalue weighted by atomic mass is 16.6. The molecule has 24 heavy (non-hydrogen) atoms. The van der Waals surface area contributed by atoms with E-state index in [0.29, 0.717) is 22.7 Å². The molecule has 4 nitrogen and oxygen atoms in total. The number of hydrogen-bond acceptors (Lipinski definition) is 4. The van der Waals surface area contributed by atoms with Gasteiger partial charge in [-0.05, 0) is 24.3 Å². The van der Waals surface area contributed by atoms with Crippen molar-refractivity contribution in [1.82, 2.24) is 0 Å². The molecule has 1 unspecified atom stereocenters. The van der Waals surface area contributed by atoms with E-state index in [1.807, 2.05) is 48.5 Å². The van der Waals surface area contributed by atoms with Crippen molar-refractivity contribution >= 4 is 11.7 Å². The summed E-state index contributed by atoms with van der Waals surface area (Å²) in [5.74, 6) is 0.948. The van der Waals surface area contributed by atoms with Crippen LogP contribution in [0, 0.1) is 0 Å². The summed E-state index contributed by atoms with van der Waals surface area (Å²) in [5.41, 5.74) is 8.54.